The van der Waals surface area contributed by atoms with Gasteiger partial charge in [-0.2, -0.15) is 4.98 Å². The Morgan fingerprint density at radius 2 is 2.15 bits per heavy atom. The van der Waals surface area contributed by atoms with Crippen LogP contribution in [0.15, 0.2) is 18.2 Å². The maximum Gasteiger partial charge on any atom is 0.295 e. The third kappa shape index (κ3) is 3.18. The van der Waals surface area contributed by atoms with Gasteiger partial charge in [0.1, 0.15) is 17.6 Å². The van der Waals surface area contributed by atoms with Crippen LogP contribution in [0.3, 0.4) is 0 Å². The molecule has 4 rings (SSSR count). The number of nitrogens with one attached hydrogen (secondary N) is 1. The normalized spacial score (nSPS) is 15.5. The number of aromatic nitrogens is 4. The first-order chi connectivity index (χ1) is 12.9. The molecule has 27 heavy (non-hydrogen) atoms. The first-order valence-corrected chi connectivity index (χ1v) is 8.93. The number of anilines is 1. The number of amides is 1. The quantitative estimate of drug-likeness (QED) is 0.762. The predicted molar refractivity (Wildman–Crippen MR) is 99.6 cm³/mol. The van der Waals surface area contributed by atoms with Gasteiger partial charge < -0.3 is 14.8 Å². The van der Waals surface area contributed by atoms with Crippen molar-refractivity contribution in [3.8, 4) is 11.5 Å². The van der Waals surface area contributed by atoms with Crippen molar-refractivity contribution in [2.45, 2.75) is 40.2 Å². The topological polar surface area (TPSA) is 90.6 Å². The molecule has 2 aromatic heterocycles. The molecule has 1 aromatic carbocycles. The predicted octanol–water partition coefficient (Wildman–Crippen LogP) is 2.72. The fourth-order valence-electron chi connectivity index (χ4n) is 3.25. The SMILES string of the molecule is CCOc1cc2c(cc1NC(=O)c1nc3nc(C)cc(C)n3n1)OC(C)C2. The van der Waals surface area contributed by atoms with Gasteiger partial charge in [0, 0.05) is 29.4 Å². The Morgan fingerprint density at radius 3 is 2.93 bits per heavy atom. The lowest BCUT2D eigenvalue weighted by Crippen LogP contribution is -2.15. The summed E-state index contributed by atoms with van der Waals surface area (Å²) >= 11 is 0. The third-order valence-electron chi connectivity index (χ3n) is 4.37. The summed E-state index contributed by atoms with van der Waals surface area (Å²) in [6, 6.07) is 5.60. The van der Waals surface area contributed by atoms with Crippen LogP contribution in [0.25, 0.3) is 5.78 Å². The molecule has 0 spiro atoms. The van der Waals surface area contributed by atoms with Crippen LogP contribution in [0, 0.1) is 13.8 Å². The zero-order chi connectivity index (χ0) is 19.1. The molecule has 1 N–H and O–H groups in total. The molecular formula is C19H21N5O3. The molecule has 1 amide bonds. The zero-order valence-corrected chi connectivity index (χ0v) is 15.7. The van der Waals surface area contributed by atoms with Crippen LogP contribution in [0.4, 0.5) is 5.69 Å². The molecule has 0 aliphatic carbocycles. The average Bonchev–Trinajstić information content (AvgIpc) is 3.17. The van der Waals surface area contributed by atoms with E-state index in [4.69, 9.17) is 9.47 Å². The molecule has 0 bridgehead atoms. The summed E-state index contributed by atoms with van der Waals surface area (Å²) in [6.07, 6.45) is 0.930. The number of hydrogen-bond acceptors (Lipinski definition) is 6. The molecule has 1 aliphatic heterocycles. The maximum atomic E-state index is 12.7. The molecule has 1 atom stereocenters. The summed E-state index contributed by atoms with van der Waals surface area (Å²) in [5, 5.41) is 7.11. The van der Waals surface area contributed by atoms with E-state index in [1.54, 1.807) is 10.6 Å². The number of fused-ring (bicyclic) bond motifs is 2. The number of carbonyl (C=O) groups excluding carboxylic acids is 1. The number of aryl methyl sites for hydroxylation is 2. The van der Waals surface area contributed by atoms with Crippen LogP contribution in [0.5, 0.6) is 11.5 Å². The van der Waals surface area contributed by atoms with Gasteiger partial charge in [0.15, 0.2) is 0 Å². The lowest BCUT2D eigenvalue weighted by Gasteiger charge is -2.12. The van der Waals surface area contributed by atoms with Crippen molar-refractivity contribution >= 4 is 17.4 Å². The number of carbonyl (C=O) groups is 1. The first kappa shape index (κ1) is 17.3. The van der Waals surface area contributed by atoms with E-state index in [2.05, 4.69) is 20.4 Å². The van der Waals surface area contributed by atoms with Crippen molar-refractivity contribution in [3.63, 3.8) is 0 Å². The Labute approximate surface area is 156 Å². The van der Waals surface area contributed by atoms with Gasteiger partial charge in [0.05, 0.1) is 12.3 Å². The van der Waals surface area contributed by atoms with Gasteiger partial charge in [-0.15, -0.1) is 5.10 Å². The summed E-state index contributed by atoms with van der Waals surface area (Å²) in [7, 11) is 0. The molecule has 0 saturated heterocycles. The van der Waals surface area contributed by atoms with Gasteiger partial charge in [-0.25, -0.2) is 9.50 Å². The Balaban J connectivity index is 1.66. The van der Waals surface area contributed by atoms with Crippen LogP contribution in [-0.2, 0) is 6.42 Å². The molecular weight excluding hydrogens is 346 g/mol. The summed E-state index contributed by atoms with van der Waals surface area (Å²) in [5.74, 6) is 1.39. The second kappa shape index (κ2) is 6.53. The van der Waals surface area contributed by atoms with E-state index in [9.17, 15) is 4.79 Å². The monoisotopic (exact) mass is 367 g/mol. The second-order valence-electron chi connectivity index (χ2n) is 6.66. The maximum absolute atomic E-state index is 12.7. The highest BCUT2D eigenvalue weighted by molar-refractivity contribution is 6.02. The first-order valence-electron chi connectivity index (χ1n) is 8.93. The van der Waals surface area contributed by atoms with Crippen molar-refractivity contribution in [1.29, 1.82) is 0 Å². The van der Waals surface area contributed by atoms with Gasteiger partial charge in [0.25, 0.3) is 11.7 Å². The number of benzene rings is 1. The lowest BCUT2D eigenvalue weighted by atomic mass is 10.1. The highest BCUT2D eigenvalue weighted by atomic mass is 16.5. The molecule has 1 aliphatic rings. The minimum atomic E-state index is -0.426. The lowest BCUT2D eigenvalue weighted by molar-refractivity contribution is 0.101. The molecule has 140 valence electrons. The fourth-order valence-corrected chi connectivity index (χ4v) is 3.25. The molecule has 0 radical (unpaired) electrons. The van der Waals surface area contributed by atoms with Crippen molar-refractivity contribution in [2.24, 2.45) is 0 Å². The van der Waals surface area contributed by atoms with E-state index in [0.717, 1.165) is 29.1 Å². The molecule has 1 unspecified atom stereocenters. The fraction of sp³-hybridized carbons (Fsp3) is 0.368. The Kier molecular flexibility index (Phi) is 4.18. The number of hydrogen-bond donors (Lipinski definition) is 1. The smallest absolute Gasteiger partial charge is 0.295 e. The second-order valence-corrected chi connectivity index (χ2v) is 6.66. The zero-order valence-electron chi connectivity index (χ0n) is 15.7. The number of ether oxygens (including phenoxy) is 2. The van der Waals surface area contributed by atoms with Crippen LogP contribution in [0.2, 0.25) is 0 Å². The summed E-state index contributed by atoms with van der Waals surface area (Å²) < 4.78 is 13.0. The minimum absolute atomic E-state index is 0.0495. The highest BCUT2D eigenvalue weighted by Crippen LogP contribution is 2.38. The highest BCUT2D eigenvalue weighted by Gasteiger charge is 2.24. The van der Waals surface area contributed by atoms with Crippen LogP contribution >= 0.6 is 0 Å². The van der Waals surface area contributed by atoms with E-state index in [0.29, 0.717) is 23.8 Å². The van der Waals surface area contributed by atoms with Crippen molar-refractivity contribution in [1.82, 2.24) is 19.6 Å². The molecule has 0 saturated carbocycles. The molecule has 0 fully saturated rings. The minimum Gasteiger partial charge on any atom is -0.492 e. The Bertz CT molecular complexity index is 1040. The summed E-state index contributed by atoms with van der Waals surface area (Å²) in [6.45, 7) is 8.17. The van der Waals surface area contributed by atoms with Crippen molar-refractivity contribution < 1.29 is 14.3 Å². The molecule has 8 heteroatoms. The summed E-state index contributed by atoms with van der Waals surface area (Å²) in [4.78, 5) is 21.3. The largest absolute Gasteiger partial charge is 0.492 e. The van der Waals surface area contributed by atoms with Gasteiger partial charge in [-0.1, -0.05) is 0 Å². The van der Waals surface area contributed by atoms with Gasteiger partial charge in [-0.3, -0.25) is 4.79 Å². The van der Waals surface area contributed by atoms with Crippen molar-refractivity contribution in [3.05, 3.63) is 41.0 Å². The van der Waals surface area contributed by atoms with Gasteiger partial charge in [-0.05, 0) is 39.8 Å². The Hall–Kier alpha value is -3.16. The molecule has 8 nitrogen and oxygen atoms in total. The Morgan fingerprint density at radius 1 is 1.33 bits per heavy atom. The van der Waals surface area contributed by atoms with E-state index >= 15 is 0 Å². The number of nitrogens with zero attached hydrogens (tertiary/aromatic N) is 4. The standard InChI is InChI=1S/C19H21N5O3/c1-5-26-16-8-13-7-12(4)27-15(13)9-14(16)21-18(25)17-22-19-20-10(2)6-11(3)24(19)23-17/h6,8-9,12H,5,7H2,1-4H3,(H,21,25). The van der Waals surface area contributed by atoms with Gasteiger partial charge >= 0.3 is 0 Å². The van der Waals surface area contributed by atoms with Crippen LogP contribution in [0.1, 0.15) is 41.4 Å². The third-order valence-corrected chi connectivity index (χ3v) is 4.37. The molecule has 3 heterocycles. The van der Waals surface area contributed by atoms with Crippen LogP contribution in [-0.4, -0.2) is 38.2 Å². The van der Waals surface area contributed by atoms with Crippen molar-refractivity contribution in [2.75, 3.05) is 11.9 Å². The number of rotatable bonds is 4. The average molecular weight is 367 g/mol. The van der Waals surface area contributed by atoms with E-state index in [-0.39, 0.29) is 11.9 Å². The molecule has 3 aromatic rings. The summed E-state index contributed by atoms with van der Waals surface area (Å²) in [5.41, 5.74) is 3.29. The van der Waals surface area contributed by atoms with Gasteiger partial charge in [0.2, 0.25) is 5.82 Å². The van der Waals surface area contributed by atoms with E-state index in [1.165, 1.54) is 0 Å². The van der Waals surface area contributed by atoms with E-state index in [1.807, 2.05) is 39.8 Å². The van der Waals surface area contributed by atoms with Crippen LogP contribution < -0.4 is 14.8 Å². The van der Waals surface area contributed by atoms with E-state index < -0.39 is 5.91 Å².